The van der Waals surface area contributed by atoms with E-state index in [1.54, 1.807) is 26.2 Å². The van der Waals surface area contributed by atoms with Crippen LogP contribution in [0.3, 0.4) is 0 Å². The molecular weight excluding hydrogens is 286 g/mol. The Kier molecular flexibility index (Phi) is 4.83. The zero-order valence-corrected chi connectivity index (χ0v) is 12.4. The molecule has 22 heavy (non-hydrogen) atoms. The first-order valence-electron chi connectivity index (χ1n) is 6.72. The average molecular weight is 303 g/mol. The highest BCUT2D eigenvalue weighted by atomic mass is 16.5. The molecule has 6 nitrogen and oxygen atoms in total. The van der Waals surface area contributed by atoms with Crippen molar-refractivity contribution in [3.05, 3.63) is 53.0 Å². The highest BCUT2D eigenvalue weighted by Gasteiger charge is 2.14. The molecule has 0 aliphatic heterocycles. The summed E-state index contributed by atoms with van der Waals surface area (Å²) in [5, 5.41) is 11.6. The summed E-state index contributed by atoms with van der Waals surface area (Å²) in [6.45, 7) is 1.73. The van der Waals surface area contributed by atoms with Crippen LogP contribution < -0.4 is 10.1 Å². The van der Waals surface area contributed by atoms with Crippen LogP contribution in [0.5, 0.6) is 5.75 Å². The Morgan fingerprint density at radius 1 is 1.27 bits per heavy atom. The van der Waals surface area contributed by atoms with Crippen LogP contribution >= 0.6 is 0 Å². The first kappa shape index (κ1) is 15.6. The summed E-state index contributed by atoms with van der Waals surface area (Å²) in [6.07, 6.45) is 0.232. The van der Waals surface area contributed by atoms with Crippen LogP contribution in [0.15, 0.2) is 34.7 Å². The lowest BCUT2D eigenvalue weighted by Crippen LogP contribution is -2.24. The highest BCUT2D eigenvalue weighted by Crippen LogP contribution is 2.15. The molecule has 1 aromatic heterocycles. The molecule has 6 heteroatoms. The van der Waals surface area contributed by atoms with Crippen LogP contribution in [0, 0.1) is 6.92 Å². The summed E-state index contributed by atoms with van der Waals surface area (Å²) in [5.74, 6) is 0.259. The second kappa shape index (κ2) is 6.80. The van der Waals surface area contributed by atoms with Gasteiger partial charge in [-0.3, -0.25) is 4.79 Å². The predicted octanol–water partition coefficient (Wildman–Crippen LogP) is 2.15. The molecule has 0 spiro atoms. The van der Waals surface area contributed by atoms with Gasteiger partial charge in [0.1, 0.15) is 22.8 Å². The molecule has 0 atom stereocenters. The summed E-state index contributed by atoms with van der Waals surface area (Å²) >= 11 is 0. The minimum Gasteiger partial charge on any atom is -0.497 e. The van der Waals surface area contributed by atoms with Gasteiger partial charge < -0.3 is 19.6 Å². The first-order chi connectivity index (χ1) is 10.5. The van der Waals surface area contributed by atoms with Gasteiger partial charge in [0.2, 0.25) is 5.91 Å². The maximum absolute atomic E-state index is 11.9. The van der Waals surface area contributed by atoms with E-state index < -0.39 is 5.97 Å². The van der Waals surface area contributed by atoms with Gasteiger partial charge >= 0.3 is 5.97 Å². The number of hydrogen-bond acceptors (Lipinski definition) is 4. The molecule has 0 aliphatic rings. The number of rotatable bonds is 6. The van der Waals surface area contributed by atoms with E-state index in [1.807, 2.05) is 12.1 Å². The third kappa shape index (κ3) is 3.88. The minimum atomic E-state index is -1.04. The van der Waals surface area contributed by atoms with E-state index in [0.717, 1.165) is 11.3 Å². The van der Waals surface area contributed by atoms with Crippen molar-refractivity contribution in [3.8, 4) is 5.75 Å². The van der Waals surface area contributed by atoms with E-state index in [9.17, 15) is 9.59 Å². The quantitative estimate of drug-likeness (QED) is 0.853. The third-order valence-electron chi connectivity index (χ3n) is 3.18. The Balaban J connectivity index is 1.89. The van der Waals surface area contributed by atoms with E-state index in [4.69, 9.17) is 14.3 Å². The van der Waals surface area contributed by atoms with Gasteiger partial charge in [-0.15, -0.1) is 0 Å². The zero-order valence-electron chi connectivity index (χ0n) is 12.4. The maximum atomic E-state index is 11.9. The van der Waals surface area contributed by atoms with Crippen molar-refractivity contribution in [1.82, 2.24) is 5.32 Å². The number of carboxylic acids is 1. The highest BCUT2D eigenvalue weighted by molar-refractivity contribution is 5.88. The molecule has 0 saturated heterocycles. The summed E-state index contributed by atoms with van der Waals surface area (Å²) in [7, 11) is 1.58. The van der Waals surface area contributed by atoms with Crippen LogP contribution in [0.1, 0.15) is 27.4 Å². The smallest absolute Gasteiger partial charge is 0.339 e. The van der Waals surface area contributed by atoms with E-state index >= 15 is 0 Å². The first-order valence-corrected chi connectivity index (χ1v) is 6.72. The lowest BCUT2D eigenvalue weighted by atomic mass is 10.1. The number of carbonyl (C=O) groups excluding carboxylic acids is 1. The Morgan fingerprint density at radius 2 is 1.95 bits per heavy atom. The number of hydrogen-bond donors (Lipinski definition) is 2. The number of carbonyl (C=O) groups is 2. The van der Waals surface area contributed by atoms with Crippen LogP contribution in [0.25, 0.3) is 0 Å². The monoisotopic (exact) mass is 303 g/mol. The number of ether oxygens (including phenoxy) is 1. The van der Waals surface area contributed by atoms with Gasteiger partial charge in [-0.05, 0) is 30.7 Å². The number of amides is 1. The summed E-state index contributed by atoms with van der Waals surface area (Å²) < 4.78 is 10.3. The Labute approximate surface area is 127 Å². The predicted molar refractivity (Wildman–Crippen MR) is 78.9 cm³/mol. The van der Waals surface area contributed by atoms with E-state index in [1.165, 1.54) is 6.07 Å². The van der Waals surface area contributed by atoms with Gasteiger partial charge in [0, 0.05) is 0 Å². The van der Waals surface area contributed by atoms with E-state index in [0.29, 0.717) is 11.5 Å². The lowest BCUT2D eigenvalue weighted by molar-refractivity contribution is -0.120. The van der Waals surface area contributed by atoms with Gasteiger partial charge in [0.05, 0.1) is 20.1 Å². The summed E-state index contributed by atoms with van der Waals surface area (Å²) in [4.78, 5) is 22.8. The van der Waals surface area contributed by atoms with Crippen molar-refractivity contribution in [1.29, 1.82) is 0 Å². The molecule has 0 fully saturated rings. The van der Waals surface area contributed by atoms with Crippen LogP contribution in [-0.2, 0) is 17.8 Å². The maximum Gasteiger partial charge on any atom is 0.339 e. The van der Waals surface area contributed by atoms with Gasteiger partial charge in [-0.25, -0.2) is 4.79 Å². The summed E-state index contributed by atoms with van der Waals surface area (Å²) in [5.41, 5.74) is 0.972. The van der Waals surface area contributed by atoms with Crippen molar-refractivity contribution in [2.45, 2.75) is 19.9 Å². The van der Waals surface area contributed by atoms with Gasteiger partial charge in [0.15, 0.2) is 0 Å². The summed E-state index contributed by atoms with van der Waals surface area (Å²) in [6, 6.07) is 8.64. The van der Waals surface area contributed by atoms with Crippen LogP contribution in [0.2, 0.25) is 0 Å². The van der Waals surface area contributed by atoms with E-state index in [-0.39, 0.29) is 24.4 Å². The number of aromatic carboxylic acids is 1. The normalized spacial score (nSPS) is 10.3. The molecule has 0 saturated carbocycles. The van der Waals surface area contributed by atoms with E-state index in [2.05, 4.69) is 5.32 Å². The number of carboxylic acid groups (broad SMARTS) is 1. The Hall–Kier alpha value is -2.76. The van der Waals surface area contributed by atoms with Crippen molar-refractivity contribution in [2.24, 2.45) is 0 Å². The van der Waals surface area contributed by atoms with Crippen LogP contribution in [0.4, 0.5) is 0 Å². The molecule has 0 unspecified atom stereocenters. The Bertz CT molecular complexity index is 672. The largest absolute Gasteiger partial charge is 0.497 e. The molecule has 1 aromatic carbocycles. The second-order valence-corrected chi connectivity index (χ2v) is 4.79. The number of aryl methyl sites for hydroxylation is 1. The van der Waals surface area contributed by atoms with Gasteiger partial charge in [-0.1, -0.05) is 12.1 Å². The number of nitrogens with one attached hydrogen (secondary N) is 1. The molecule has 0 bridgehead atoms. The van der Waals surface area contributed by atoms with Crippen molar-refractivity contribution >= 4 is 11.9 Å². The standard InChI is InChI=1S/C16H17NO5/c1-10-14(16(19)20)8-13(22-10)9-17-15(18)7-11-3-5-12(21-2)6-4-11/h3-6,8H,7,9H2,1-2H3,(H,17,18)(H,19,20). The van der Waals surface area contributed by atoms with Gasteiger partial charge in [0.25, 0.3) is 0 Å². The molecule has 0 aliphatic carbocycles. The Morgan fingerprint density at radius 3 is 2.50 bits per heavy atom. The molecule has 2 rings (SSSR count). The van der Waals surface area contributed by atoms with Crippen molar-refractivity contribution < 1.29 is 23.8 Å². The average Bonchev–Trinajstić information content (AvgIpc) is 2.87. The van der Waals surface area contributed by atoms with Crippen molar-refractivity contribution in [2.75, 3.05) is 7.11 Å². The SMILES string of the molecule is COc1ccc(CC(=O)NCc2cc(C(=O)O)c(C)o2)cc1. The van der Waals surface area contributed by atoms with Crippen molar-refractivity contribution in [3.63, 3.8) is 0 Å². The number of benzene rings is 1. The molecule has 1 amide bonds. The molecule has 2 aromatic rings. The number of methoxy groups -OCH3 is 1. The van der Waals surface area contributed by atoms with Gasteiger partial charge in [-0.2, -0.15) is 0 Å². The molecule has 2 N–H and O–H groups in total. The molecular formula is C16H17NO5. The fourth-order valence-electron chi connectivity index (χ4n) is 2.02. The zero-order chi connectivity index (χ0) is 16.1. The molecule has 1 heterocycles. The fourth-order valence-corrected chi connectivity index (χ4v) is 2.02. The lowest BCUT2D eigenvalue weighted by Gasteiger charge is -2.04. The number of furan rings is 1. The molecule has 0 radical (unpaired) electrons. The third-order valence-corrected chi connectivity index (χ3v) is 3.18. The van der Waals surface area contributed by atoms with Crippen LogP contribution in [-0.4, -0.2) is 24.1 Å². The second-order valence-electron chi connectivity index (χ2n) is 4.79. The molecule has 116 valence electrons. The topological polar surface area (TPSA) is 88.8 Å². The minimum absolute atomic E-state index is 0.111. The fraction of sp³-hybridized carbons (Fsp3) is 0.250.